The van der Waals surface area contributed by atoms with Crippen LogP contribution in [0.2, 0.25) is 0 Å². The fraction of sp³-hybridized carbons (Fsp3) is 0.699. The van der Waals surface area contributed by atoms with E-state index in [0.717, 1.165) is 218 Å². The molecule has 10 rings (SSSR count). The molecule has 5 fully saturated rings. The van der Waals surface area contributed by atoms with Gasteiger partial charge in [0.25, 0.3) is 0 Å². The first-order valence-corrected chi connectivity index (χ1v) is 61.0. The van der Waals surface area contributed by atoms with Crippen molar-refractivity contribution in [2.45, 2.75) is 506 Å². The summed E-state index contributed by atoms with van der Waals surface area (Å²) in [6.07, 6.45) is 73.7. The number of benzene rings is 5. The van der Waals surface area contributed by atoms with Crippen molar-refractivity contribution in [3.8, 4) is 28.7 Å². The summed E-state index contributed by atoms with van der Waals surface area (Å²) in [6, 6.07) is 39.1. The van der Waals surface area contributed by atoms with Gasteiger partial charge in [-0.1, -0.05) is 406 Å². The van der Waals surface area contributed by atoms with Gasteiger partial charge in [-0.3, -0.25) is 47.9 Å². The first kappa shape index (κ1) is 128. The third kappa shape index (κ3) is 56.4. The minimum atomic E-state index is -0.380. The van der Waals surface area contributed by atoms with Gasteiger partial charge in [-0.05, 0) is 214 Å². The predicted molar refractivity (Wildman–Crippen MR) is 611 cm³/mol. The summed E-state index contributed by atoms with van der Waals surface area (Å²) in [4.78, 5) is 125. The zero-order valence-corrected chi connectivity index (χ0v) is 95.1. The molecule has 5 aliphatic rings. The molecule has 15 heteroatoms. The van der Waals surface area contributed by atoms with Crippen LogP contribution in [0.1, 0.15) is 502 Å². The lowest BCUT2D eigenvalue weighted by Crippen LogP contribution is -2.32. The van der Waals surface area contributed by atoms with E-state index in [1.165, 1.54) is 244 Å². The maximum atomic E-state index is 12.8. The van der Waals surface area contributed by atoms with Crippen molar-refractivity contribution in [3.05, 3.63) is 149 Å². The molecule has 0 aliphatic heterocycles. The highest BCUT2D eigenvalue weighted by molar-refractivity contribution is 6.06. The fourth-order valence-corrected chi connectivity index (χ4v) is 21.9. The van der Waals surface area contributed by atoms with Crippen molar-refractivity contribution in [1.29, 1.82) is 0 Å². The standard InChI is InChI=1S/C30H48O3.C28H44O3.C26H40O3.C25H38O3.C24H36O3/c1-3-5-7-9-10-12-14-22-33-27-19-16-26(17-20-27)24-30(32)28-21-18-25(23-29(28)31)15-13-11-8-6-4-2;1-3-5-7-8-9-10-12-20-31-25-17-14-24(15-18-25)22-28(30)26-19-16-23(21-27(26)29)13-11-6-4-2;1-3-5-6-7-8-9-10-18-29-23-15-12-22(13-16-23)20-26(28)24-17-14-21(11-4-2)19-25(24)27;1-3-5-6-7-8-9-10-17-28-22-14-11-21(12-15-22)19-25(27)23-16-13-20(4-2)18-24(23)26;1-3-4-5-6-7-8-9-16-27-21-13-11-20(12-14-21)18-24(26)22-15-10-19(2)17-23(22)25/h16-17,19-20,25,28H,3-15,18,21-24H2,1-2H3;14-15,17-18,23,26H,3-13,16,19-22H2,1-2H3;12-13,15-16,21,24H,3-11,14,17-20H2,1-2H3;11-12,14-15,20,23H,3-10,13,16-19H2,1-2H3;11-14,19,22H,3-10,15-18H2,1-2H3. The van der Waals surface area contributed by atoms with E-state index in [2.05, 4.69) is 69.2 Å². The van der Waals surface area contributed by atoms with Gasteiger partial charge in [0.1, 0.15) is 86.6 Å². The Labute approximate surface area is 899 Å². The van der Waals surface area contributed by atoms with E-state index >= 15 is 0 Å². The second-order valence-corrected chi connectivity index (χ2v) is 44.8. The third-order valence-electron chi connectivity index (χ3n) is 31.6. The van der Waals surface area contributed by atoms with E-state index in [-0.39, 0.29) is 87.4 Å². The molecule has 0 amide bonds. The van der Waals surface area contributed by atoms with E-state index in [1.807, 2.05) is 121 Å². The summed E-state index contributed by atoms with van der Waals surface area (Å²) >= 11 is 0. The lowest BCUT2D eigenvalue weighted by atomic mass is 9.76. The van der Waals surface area contributed by atoms with Gasteiger partial charge in [0.15, 0.2) is 0 Å². The van der Waals surface area contributed by atoms with Crippen molar-refractivity contribution >= 4 is 57.8 Å². The van der Waals surface area contributed by atoms with Crippen molar-refractivity contribution in [2.24, 2.45) is 59.2 Å². The maximum Gasteiger partial charge on any atom is 0.147 e. The minimum absolute atomic E-state index is 0.0728. The number of rotatable bonds is 73. The highest BCUT2D eigenvalue weighted by atomic mass is 16.5. The van der Waals surface area contributed by atoms with Crippen LogP contribution in [0.5, 0.6) is 28.7 Å². The number of ketones is 10. The molecule has 0 saturated heterocycles. The molecule has 0 bridgehead atoms. The first-order chi connectivity index (χ1) is 72.1. The van der Waals surface area contributed by atoms with Crippen LogP contribution in [0.4, 0.5) is 0 Å². The molecule has 5 aliphatic carbocycles. The average molecular weight is 2050 g/mol. The van der Waals surface area contributed by atoms with Crippen LogP contribution < -0.4 is 23.7 Å². The first-order valence-electron chi connectivity index (χ1n) is 61.0. The van der Waals surface area contributed by atoms with Gasteiger partial charge in [0, 0.05) is 64.2 Å². The number of unbranched alkanes of at least 4 members (excludes halogenated alkanes) is 36. The molecule has 0 aromatic heterocycles. The lowest BCUT2D eigenvalue weighted by Gasteiger charge is -2.26. The van der Waals surface area contributed by atoms with Crippen LogP contribution >= 0.6 is 0 Å². The maximum absolute atomic E-state index is 12.8. The number of Topliss-reactive ketones (excluding diaryl/α,β-unsaturated/α-hetero) is 10. The van der Waals surface area contributed by atoms with Gasteiger partial charge in [-0.2, -0.15) is 0 Å². The zero-order chi connectivity index (χ0) is 107. The smallest absolute Gasteiger partial charge is 0.147 e. The highest BCUT2D eigenvalue weighted by Gasteiger charge is 2.38. The largest absolute Gasteiger partial charge is 0.494 e. The number of carbonyl (C=O) groups is 10. The van der Waals surface area contributed by atoms with Gasteiger partial charge in [-0.15, -0.1) is 0 Å². The van der Waals surface area contributed by atoms with Gasteiger partial charge in [0.05, 0.1) is 62.6 Å². The molecule has 5 aromatic carbocycles. The molecule has 0 radical (unpaired) electrons. The Morgan fingerprint density at radius 2 is 0.385 bits per heavy atom. The summed E-state index contributed by atoms with van der Waals surface area (Å²) in [5, 5.41) is 0. The van der Waals surface area contributed by atoms with Crippen molar-refractivity contribution < 1.29 is 71.6 Å². The Bertz CT molecular complexity index is 4350. The van der Waals surface area contributed by atoms with Gasteiger partial charge >= 0.3 is 0 Å². The monoisotopic (exact) mass is 2040 g/mol. The van der Waals surface area contributed by atoms with Crippen molar-refractivity contribution in [3.63, 3.8) is 0 Å². The summed E-state index contributed by atoms with van der Waals surface area (Å²) < 4.78 is 29.1. The van der Waals surface area contributed by atoms with Gasteiger partial charge < -0.3 is 23.7 Å². The average Bonchev–Trinajstić information content (AvgIpc) is 0.861. The molecule has 10 atom stereocenters. The van der Waals surface area contributed by atoms with E-state index in [0.29, 0.717) is 93.8 Å². The molecule has 0 spiro atoms. The molecular weight excluding hydrogens is 1840 g/mol. The molecule has 0 heterocycles. The quantitative estimate of drug-likeness (QED) is 0.0261. The van der Waals surface area contributed by atoms with Crippen LogP contribution in [0.15, 0.2) is 121 Å². The third-order valence-corrected chi connectivity index (χ3v) is 31.6. The molecule has 5 aromatic rings. The molecule has 15 nitrogen and oxygen atoms in total. The van der Waals surface area contributed by atoms with E-state index in [4.69, 9.17) is 23.7 Å². The number of hydrogen-bond donors (Lipinski definition) is 0. The summed E-state index contributed by atoms with van der Waals surface area (Å²) in [5.41, 5.74) is 4.87. The normalized spacial score (nSPS) is 19.2. The van der Waals surface area contributed by atoms with Crippen LogP contribution in [0.3, 0.4) is 0 Å². The van der Waals surface area contributed by atoms with E-state index in [1.54, 1.807) is 0 Å². The Balaban J connectivity index is 0.000000283. The molecule has 10 unspecified atom stereocenters. The highest BCUT2D eigenvalue weighted by Crippen LogP contribution is 2.37. The van der Waals surface area contributed by atoms with Crippen LogP contribution in [0.25, 0.3) is 0 Å². The molecule has 5 saturated carbocycles. The zero-order valence-electron chi connectivity index (χ0n) is 95.1. The molecule has 148 heavy (non-hydrogen) atoms. The Hall–Kier alpha value is -8.20. The SMILES string of the molecule is CCCCCCCCCOc1ccc(CC(=O)C2CCC(C)CC2=O)cc1.CCCCCCCCCOc1ccc(CC(=O)C2CCC(CC)CC2=O)cc1.CCCCCCCCCOc1ccc(CC(=O)C2CCC(CCC)CC2=O)cc1.CCCCCCCCCOc1ccc(CC(=O)C2CCC(CCCCC)CC2=O)cc1.CCCCCCCCCOc1ccc(CC(=O)C2CCC(CCCCCCC)CC2=O)cc1. The van der Waals surface area contributed by atoms with Gasteiger partial charge in [-0.25, -0.2) is 0 Å². The summed E-state index contributed by atoms with van der Waals surface area (Å²) in [5.74, 6) is 6.03. The Morgan fingerprint density at radius 3 is 0.601 bits per heavy atom. The lowest BCUT2D eigenvalue weighted by molar-refractivity contribution is -0.136. The second kappa shape index (κ2) is 81.5. The number of hydrogen-bond acceptors (Lipinski definition) is 15. The fourth-order valence-electron chi connectivity index (χ4n) is 21.9. The molecular formula is C133H206O15. The van der Waals surface area contributed by atoms with Crippen molar-refractivity contribution in [2.75, 3.05) is 33.0 Å². The van der Waals surface area contributed by atoms with E-state index < -0.39 is 0 Å². The Kier molecular flexibility index (Phi) is 70.8. The predicted octanol–water partition coefficient (Wildman–Crippen LogP) is 34.7. The topological polar surface area (TPSA) is 217 Å². The second-order valence-electron chi connectivity index (χ2n) is 44.8. The molecule has 0 N–H and O–H groups in total. The number of ether oxygens (including phenoxy) is 5. The minimum Gasteiger partial charge on any atom is -0.494 e. The number of carbonyl (C=O) groups excluding carboxylic acids is 10. The molecule has 828 valence electrons. The van der Waals surface area contributed by atoms with Crippen LogP contribution in [-0.4, -0.2) is 90.9 Å². The van der Waals surface area contributed by atoms with E-state index in [9.17, 15) is 47.9 Å². The van der Waals surface area contributed by atoms with Crippen LogP contribution in [0, 0.1) is 59.2 Å². The van der Waals surface area contributed by atoms with Crippen molar-refractivity contribution in [1.82, 2.24) is 0 Å². The van der Waals surface area contributed by atoms with Crippen LogP contribution in [-0.2, 0) is 80.0 Å². The van der Waals surface area contributed by atoms with Gasteiger partial charge in [0.2, 0.25) is 0 Å². The summed E-state index contributed by atoms with van der Waals surface area (Å²) in [6.45, 7) is 25.8. The Morgan fingerprint density at radius 1 is 0.203 bits per heavy atom. The summed E-state index contributed by atoms with van der Waals surface area (Å²) in [7, 11) is 0.